The van der Waals surface area contributed by atoms with Crippen molar-refractivity contribution >= 4 is 34.5 Å². The van der Waals surface area contributed by atoms with Crippen LogP contribution in [0.2, 0.25) is 0 Å². The summed E-state index contributed by atoms with van der Waals surface area (Å²) in [4.78, 5) is 25.9. The molecule has 5 nitrogen and oxygen atoms in total. The number of fused-ring (bicyclic) bond motifs is 1. The Morgan fingerprint density at radius 3 is 2.76 bits per heavy atom. The van der Waals surface area contributed by atoms with Crippen LogP contribution in [0.1, 0.15) is 40.4 Å². The summed E-state index contributed by atoms with van der Waals surface area (Å²) in [5, 5.41) is 5.62. The number of carbonyl (C=O) groups excluding carboxylic acids is 2. The van der Waals surface area contributed by atoms with Gasteiger partial charge in [-0.25, -0.2) is 0 Å². The van der Waals surface area contributed by atoms with Crippen molar-refractivity contribution in [2.45, 2.75) is 33.1 Å². The van der Waals surface area contributed by atoms with E-state index in [9.17, 15) is 9.59 Å². The maximum Gasteiger partial charge on any atom is 0.265 e. The fraction of sp³-hybridized carbons (Fsp3) is 0.368. The van der Waals surface area contributed by atoms with Crippen LogP contribution in [0.5, 0.6) is 5.75 Å². The predicted octanol–water partition coefficient (Wildman–Crippen LogP) is 4.09. The molecule has 1 unspecified atom stereocenters. The molecule has 0 saturated heterocycles. The minimum absolute atomic E-state index is 0.148. The van der Waals surface area contributed by atoms with Crippen LogP contribution in [0, 0.1) is 5.92 Å². The maximum absolute atomic E-state index is 12.7. The standard InChI is InChI=1S/C19H22N2O3S/c1-11-4-7-17-13(8-11)9-18(25-17)19(23)21-15-10-14(20-12(2)22)5-6-16(15)24-3/h5-6,9-11H,4,7-8H2,1-3H3,(H,20,22)(H,21,23). The van der Waals surface area contributed by atoms with Crippen molar-refractivity contribution in [2.24, 2.45) is 5.92 Å². The summed E-state index contributed by atoms with van der Waals surface area (Å²) >= 11 is 1.57. The number of anilines is 2. The molecule has 1 aliphatic rings. The highest BCUT2D eigenvalue weighted by atomic mass is 32.1. The third kappa shape index (κ3) is 4.02. The van der Waals surface area contributed by atoms with E-state index in [0.717, 1.165) is 12.8 Å². The first-order chi connectivity index (χ1) is 12.0. The molecule has 132 valence electrons. The van der Waals surface area contributed by atoms with Crippen LogP contribution in [0.25, 0.3) is 0 Å². The van der Waals surface area contributed by atoms with Crippen LogP contribution in [-0.2, 0) is 17.6 Å². The molecule has 25 heavy (non-hydrogen) atoms. The molecule has 2 amide bonds. The number of hydrogen-bond acceptors (Lipinski definition) is 4. The van der Waals surface area contributed by atoms with Crippen LogP contribution in [0.4, 0.5) is 11.4 Å². The maximum atomic E-state index is 12.7. The molecule has 0 spiro atoms. The van der Waals surface area contributed by atoms with Gasteiger partial charge in [-0.2, -0.15) is 0 Å². The Bertz CT molecular complexity index is 813. The lowest BCUT2D eigenvalue weighted by molar-refractivity contribution is -0.114. The van der Waals surface area contributed by atoms with Gasteiger partial charge < -0.3 is 15.4 Å². The first-order valence-electron chi connectivity index (χ1n) is 8.35. The van der Waals surface area contributed by atoms with Gasteiger partial charge in [-0.05, 0) is 55.0 Å². The van der Waals surface area contributed by atoms with Crippen molar-refractivity contribution in [1.29, 1.82) is 0 Å². The Labute approximate surface area is 151 Å². The third-order valence-electron chi connectivity index (χ3n) is 4.32. The molecule has 0 saturated carbocycles. The number of methoxy groups -OCH3 is 1. The van der Waals surface area contributed by atoms with Gasteiger partial charge in [0.05, 0.1) is 17.7 Å². The molecule has 0 aliphatic heterocycles. The molecular weight excluding hydrogens is 336 g/mol. The van der Waals surface area contributed by atoms with Crippen LogP contribution in [-0.4, -0.2) is 18.9 Å². The van der Waals surface area contributed by atoms with E-state index >= 15 is 0 Å². The van der Waals surface area contributed by atoms with Crippen LogP contribution in [0.3, 0.4) is 0 Å². The summed E-state index contributed by atoms with van der Waals surface area (Å²) < 4.78 is 5.31. The first-order valence-corrected chi connectivity index (χ1v) is 9.16. The lowest BCUT2D eigenvalue weighted by Crippen LogP contribution is -2.12. The Morgan fingerprint density at radius 1 is 1.24 bits per heavy atom. The molecule has 1 atom stereocenters. The second-order valence-corrected chi connectivity index (χ2v) is 7.59. The second-order valence-electron chi connectivity index (χ2n) is 6.46. The van der Waals surface area contributed by atoms with Crippen LogP contribution >= 0.6 is 11.3 Å². The molecule has 0 bridgehead atoms. The highest BCUT2D eigenvalue weighted by Gasteiger charge is 2.21. The predicted molar refractivity (Wildman–Crippen MR) is 101 cm³/mol. The number of ether oxygens (including phenoxy) is 1. The van der Waals surface area contributed by atoms with Crippen LogP contribution in [0.15, 0.2) is 24.3 Å². The highest BCUT2D eigenvalue weighted by Crippen LogP contribution is 2.33. The average molecular weight is 358 g/mol. The SMILES string of the molecule is COc1ccc(NC(C)=O)cc1NC(=O)c1cc2c(s1)CCC(C)C2. The minimum Gasteiger partial charge on any atom is -0.495 e. The Morgan fingerprint density at radius 2 is 2.04 bits per heavy atom. The fourth-order valence-electron chi connectivity index (χ4n) is 3.09. The number of hydrogen-bond donors (Lipinski definition) is 2. The van der Waals surface area contributed by atoms with Crippen molar-refractivity contribution in [3.8, 4) is 5.75 Å². The van der Waals surface area contributed by atoms with E-state index in [2.05, 4.69) is 17.6 Å². The number of nitrogens with one attached hydrogen (secondary N) is 2. The fourth-order valence-corrected chi connectivity index (χ4v) is 4.19. The van der Waals surface area contributed by atoms with Gasteiger partial charge in [-0.1, -0.05) is 6.92 Å². The van der Waals surface area contributed by atoms with E-state index in [-0.39, 0.29) is 11.8 Å². The largest absolute Gasteiger partial charge is 0.495 e. The summed E-state index contributed by atoms with van der Waals surface area (Å²) in [5.74, 6) is 0.914. The van der Waals surface area contributed by atoms with Gasteiger partial charge in [0.25, 0.3) is 5.91 Å². The molecule has 0 fully saturated rings. The monoisotopic (exact) mass is 358 g/mol. The molecule has 1 aromatic heterocycles. The zero-order valence-electron chi connectivity index (χ0n) is 14.6. The zero-order valence-corrected chi connectivity index (χ0v) is 15.5. The molecule has 3 rings (SSSR count). The molecule has 1 heterocycles. The van der Waals surface area contributed by atoms with Gasteiger partial charge in [0.2, 0.25) is 5.91 Å². The summed E-state index contributed by atoms with van der Waals surface area (Å²) in [6.07, 6.45) is 3.28. The van der Waals surface area contributed by atoms with E-state index < -0.39 is 0 Å². The Balaban J connectivity index is 1.81. The zero-order chi connectivity index (χ0) is 18.0. The van der Waals surface area contributed by atoms with Crippen molar-refractivity contribution in [1.82, 2.24) is 0 Å². The van der Waals surface area contributed by atoms with Gasteiger partial charge in [-0.15, -0.1) is 11.3 Å². The molecule has 1 aromatic carbocycles. The number of thiophene rings is 1. The number of aryl methyl sites for hydroxylation is 1. The van der Waals surface area contributed by atoms with Crippen molar-refractivity contribution in [3.63, 3.8) is 0 Å². The topological polar surface area (TPSA) is 67.4 Å². The number of carbonyl (C=O) groups is 2. The number of amides is 2. The van der Waals surface area contributed by atoms with E-state index in [4.69, 9.17) is 4.74 Å². The van der Waals surface area contributed by atoms with Crippen molar-refractivity contribution < 1.29 is 14.3 Å². The van der Waals surface area contributed by atoms with Crippen LogP contribution < -0.4 is 15.4 Å². The smallest absolute Gasteiger partial charge is 0.265 e. The van der Waals surface area contributed by atoms with E-state index in [1.807, 2.05) is 6.07 Å². The van der Waals surface area contributed by atoms with Crippen molar-refractivity contribution in [3.05, 3.63) is 39.6 Å². The lowest BCUT2D eigenvalue weighted by Gasteiger charge is -2.16. The van der Waals surface area contributed by atoms with E-state index in [0.29, 0.717) is 27.9 Å². The van der Waals surface area contributed by atoms with Gasteiger partial charge in [-0.3, -0.25) is 9.59 Å². The molecular formula is C19H22N2O3S. The average Bonchev–Trinajstić information content (AvgIpc) is 2.98. The Kier molecular flexibility index (Phi) is 5.08. The summed E-state index contributed by atoms with van der Waals surface area (Å²) in [5.41, 5.74) is 2.45. The number of benzene rings is 1. The van der Waals surface area contributed by atoms with Gasteiger partial charge in [0, 0.05) is 17.5 Å². The van der Waals surface area contributed by atoms with E-state index in [1.54, 1.807) is 36.6 Å². The summed E-state index contributed by atoms with van der Waals surface area (Å²) in [6.45, 7) is 3.69. The summed E-state index contributed by atoms with van der Waals surface area (Å²) in [6, 6.07) is 7.17. The quantitative estimate of drug-likeness (QED) is 0.865. The molecule has 2 aromatic rings. The van der Waals surface area contributed by atoms with Gasteiger partial charge in [0.1, 0.15) is 5.75 Å². The highest BCUT2D eigenvalue weighted by molar-refractivity contribution is 7.14. The normalized spacial score (nSPS) is 16.0. The number of rotatable bonds is 4. The van der Waals surface area contributed by atoms with Gasteiger partial charge in [0.15, 0.2) is 0 Å². The van der Waals surface area contributed by atoms with Crippen molar-refractivity contribution in [2.75, 3.05) is 17.7 Å². The molecule has 1 aliphatic carbocycles. The van der Waals surface area contributed by atoms with E-state index in [1.165, 1.54) is 23.8 Å². The Hall–Kier alpha value is -2.34. The summed E-state index contributed by atoms with van der Waals surface area (Å²) in [7, 11) is 1.55. The molecule has 2 N–H and O–H groups in total. The third-order valence-corrected chi connectivity index (χ3v) is 5.56. The first kappa shape index (κ1) is 17.5. The second kappa shape index (κ2) is 7.27. The van der Waals surface area contributed by atoms with Gasteiger partial charge >= 0.3 is 0 Å². The molecule has 6 heteroatoms. The lowest BCUT2D eigenvalue weighted by atomic mass is 9.90. The minimum atomic E-state index is -0.164. The molecule has 0 radical (unpaired) electrons.